The second-order valence-electron chi connectivity index (χ2n) is 5.20. The largest absolute Gasteiger partial charge is 0.487 e. The summed E-state index contributed by atoms with van der Waals surface area (Å²) in [5.41, 5.74) is 1.09. The van der Waals surface area contributed by atoms with Crippen molar-refractivity contribution in [2.75, 3.05) is 6.54 Å². The van der Waals surface area contributed by atoms with Gasteiger partial charge in [-0.3, -0.25) is 4.79 Å². The van der Waals surface area contributed by atoms with E-state index in [-0.39, 0.29) is 30.8 Å². The number of rotatable bonds is 4. The Bertz CT molecular complexity index is 445. The highest BCUT2D eigenvalue weighted by Gasteiger charge is 2.29. The van der Waals surface area contributed by atoms with Gasteiger partial charge in [0.05, 0.1) is 6.54 Å². The molecule has 0 saturated heterocycles. The third-order valence-electron chi connectivity index (χ3n) is 3.17. The van der Waals surface area contributed by atoms with Crippen molar-refractivity contribution < 1.29 is 14.3 Å². The monoisotopic (exact) mass is 263 g/mol. The van der Waals surface area contributed by atoms with Gasteiger partial charge in [0.15, 0.2) is 0 Å². The molecule has 1 heterocycles. The van der Waals surface area contributed by atoms with E-state index in [1.165, 1.54) is 0 Å². The summed E-state index contributed by atoms with van der Waals surface area (Å²) >= 11 is 0. The molecule has 1 aromatic carbocycles. The molecule has 0 spiro atoms. The van der Waals surface area contributed by atoms with Crippen LogP contribution < -0.4 is 10.1 Å². The first-order chi connectivity index (χ1) is 9.06. The van der Waals surface area contributed by atoms with Crippen molar-refractivity contribution in [3.63, 3.8) is 0 Å². The van der Waals surface area contributed by atoms with Crippen molar-refractivity contribution in [1.82, 2.24) is 5.32 Å². The molecule has 0 amide bonds. The second-order valence-corrected chi connectivity index (χ2v) is 5.20. The van der Waals surface area contributed by atoms with Gasteiger partial charge in [-0.25, -0.2) is 0 Å². The molecule has 1 N–H and O–H groups in total. The molecule has 4 heteroatoms. The molecule has 1 aromatic rings. The number of benzene rings is 1. The van der Waals surface area contributed by atoms with Crippen LogP contribution in [0.1, 0.15) is 26.3 Å². The van der Waals surface area contributed by atoms with Crippen LogP contribution in [0.15, 0.2) is 24.3 Å². The molecular weight excluding hydrogens is 242 g/mol. The number of fused-ring (bicyclic) bond motifs is 1. The van der Waals surface area contributed by atoms with E-state index in [9.17, 15) is 4.79 Å². The maximum atomic E-state index is 11.7. The Morgan fingerprint density at radius 2 is 2.21 bits per heavy atom. The zero-order valence-electron chi connectivity index (χ0n) is 11.7. The predicted octanol–water partition coefficient (Wildman–Crippen LogP) is 1.92. The van der Waals surface area contributed by atoms with Crippen LogP contribution in [0.2, 0.25) is 0 Å². The lowest BCUT2D eigenvalue weighted by atomic mass is 10.0. The SMILES string of the molecule is CC(C)NCC(=O)OC1Cc2ccccc2OC1C. The fourth-order valence-corrected chi connectivity index (χ4v) is 2.08. The molecule has 1 aliphatic heterocycles. The van der Waals surface area contributed by atoms with Gasteiger partial charge in [-0.1, -0.05) is 32.0 Å². The number of hydrogen-bond acceptors (Lipinski definition) is 4. The molecule has 2 unspecified atom stereocenters. The van der Waals surface area contributed by atoms with Crippen molar-refractivity contribution in [3.8, 4) is 5.75 Å². The Kier molecular flexibility index (Phi) is 4.43. The quantitative estimate of drug-likeness (QED) is 0.843. The maximum Gasteiger partial charge on any atom is 0.320 e. The van der Waals surface area contributed by atoms with Gasteiger partial charge < -0.3 is 14.8 Å². The van der Waals surface area contributed by atoms with Crippen molar-refractivity contribution in [3.05, 3.63) is 29.8 Å². The van der Waals surface area contributed by atoms with Crippen molar-refractivity contribution in [1.29, 1.82) is 0 Å². The number of esters is 1. The van der Waals surface area contributed by atoms with Gasteiger partial charge in [-0.2, -0.15) is 0 Å². The first-order valence-electron chi connectivity index (χ1n) is 6.73. The van der Waals surface area contributed by atoms with Gasteiger partial charge in [0.1, 0.15) is 18.0 Å². The summed E-state index contributed by atoms with van der Waals surface area (Å²) in [6.07, 6.45) is 0.388. The molecule has 0 aromatic heterocycles. The predicted molar refractivity (Wildman–Crippen MR) is 73.3 cm³/mol. The molecule has 104 valence electrons. The number of ether oxygens (including phenoxy) is 2. The molecule has 0 saturated carbocycles. The van der Waals surface area contributed by atoms with E-state index in [2.05, 4.69) is 5.32 Å². The van der Waals surface area contributed by atoms with Crippen molar-refractivity contribution >= 4 is 5.97 Å². The summed E-state index contributed by atoms with van der Waals surface area (Å²) < 4.78 is 11.3. The molecule has 0 bridgehead atoms. The minimum atomic E-state index is -0.228. The molecular formula is C15H21NO3. The van der Waals surface area contributed by atoms with Gasteiger partial charge >= 0.3 is 5.97 Å². The fraction of sp³-hybridized carbons (Fsp3) is 0.533. The van der Waals surface area contributed by atoms with Gasteiger partial charge in [-0.15, -0.1) is 0 Å². The smallest absolute Gasteiger partial charge is 0.320 e. The van der Waals surface area contributed by atoms with E-state index in [0.29, 0.717) is 6.42 Å². The van der Waals surface area contributed by atoms with Crippen LogP contribution in [-0.2, 0) is 16.0 Å². The Hall–Kier alpha value is -1.55. The highest BCUT2D eigenvalue weighted by molar-refractivity contribution is 5.72. The number of carbonyl (C=O) groups excluding carboxylic acids is 1. The third-order valence-corrected chi connectivity index (χ3v) is 3.17. The van der Waals surface area contributed by atoms with E-state index < -0.39 is 0 Å². The summed E-state index contributed by atoms with van der Waals surface area (Å²) in [5, 5.41) is 3.05. The minimum absolute atomic E-state index is 0.113. The summed E-state index contributed by atoms with van der Waals surface area (Å²) in [6.45, 7) is 6.16. The first-order valence-corrected chi connectivity index (χ1v) is 6.73. The average molecular weight is 263 g/mol. The Morgan fingerprint density at radius 3 is 2.95 bits per heavy atom. The molecule has 1 aliphatic rings. The molecule has 19 heavy (non-hydrogen) atoms. The van der Waals surface area contributed by atoms with Crippen LogP contribution in [-0.4, -0.2) is 30.8 Å². The maximum absolute atomic E-state index is 11.7. The fourth-order valence-electron chi connectivity index (χ4n) is 2.08. The van der Waals surface area contributed by atoms with Gasteiger partial charge in [-0.05, 0) is 18.6 Å². The lowest BCUT2D eigenvalue weighted by molar-refractivity contribution is -0.153. The van der Waals surface area contributed by atoms with Gasteiger partial charge in [0.25, 0.3) is 0 Å². The average Bonchev–Trinajstić information content (AvgIpc) is 2.37. The van der Waals surface area contributed by atoms with Gasteiger partial charge in [0.2, 0.25) is 0 Å². The molecule has 0 fully saturated rings. The van der Waals surface area contributed by atoms with E-state index in [0.717, 1.165) is 11.3 Å². The van der Waals surface area contributed by atoms with E-state index >= 15 is 0 Å². The summed E-state index contributed by atoms with van der Waals surface area (Å²) in [6, 6.07) is 8.15. The lowest BCUT2D eigenvalue weighted by Crippen LogP contribution is -2.41. The molecule has 0 aliphatic carbocycles. The zero-order valence-corrected chi connectivity index (χ0v) is 11.7. The van der Waals surface area contributed by atoms with Crippen LogP contribution in [0.25, 0.3) is 0 Å². The Balaban J connectivity index is 1.93. The Labute approximate surface area is 114 Å². The van der Waals surface area contributed by atoms with Crippen LogP contribution in [0.5, 0.6) is 5.75 Å². The van der Waals surface area contributed by atoms with Gasteiger partial charge in [0, 0.05) is 12.5 Å². The highest BCUT2D eigenvalue weighted by atomic mass is 16.6. The van der Waals surface area contributed by atoms with Crippen LogP contribution >= 0.6 is 0 Å². The van der Waals surface area contributed by atoms with E-state index in [4.69, 9.17) is 9.47 Å². The summed E-state index contributed by atoms with van der Waals surface area (Å²) in [7, 11) is 0. The minimum Gasteiger partial charge on any atom is -0.487 e. The molecule has 4 nitrogen and oxygen atoms in total. The zero-order chi connectivity index (χ0) is 13.8. The van der Waals surface area contributed by atoms with Crippen molar-refractivity contribution in [2.24, 2.45) is 0 Å². The number of para-hydroxylation sites is 1. The third kappa shape index (κ3) is 3.70. The van der Waals surface area contributed by atoms with E-state index in [1.54, 1.807) is 0 Å². The molecule has 2 atom stereocenters. The Morgan fingerprint density at radius 1 is 1.47 bits per heavy atom. The van der Waals surface area contributed by atoms with Crippen LogP contribution in [0.4, 0.5) is 0 Å². The number of nitrogens with one attached hydrogen (secondary N) is 1. The first kappa shape index (κ1) is 13.9. The summed E-state index contributed by atoms with van der Waals surface area (Å²) in [4.78, 5) is 11.7. The molecule has 2 rings (SSSR count). The van der Waals surface area contributed by atoms with Crippen LogP contribution in [0, 0.1) is 0 Å². The normalized spacial score (nSPS) is 21.7. The number of hydrogen-bond donors (Lipinski definition) is 1. The summed E-state index contributed by atoms with van der Waals surface area (Å²) in [5.74, 6) is 0.663. The highest BCUT2D eigenvalue weighted by Crippen LogP contribution is 2.28. The lowest BCUT2D eigenvalue weighted by Gasteiger charge is -2.31. The van der Waals surface area contributed by atoms with E-state index in [1.807, 2.05) is 45.0 Å². The topological polar surface area (TPSA) is 47.6 Å². The number of carbonyl (C=O) groups is 1. The second kappa shape index (κ2) is 6.06. The standard InChI is InChI=1S/C15H21NO3/c1-10(2)16-9-15(17)19-14-8-12-6-4-5-7-13(12)18-11(14)3/h4-7,10-11,14,16H,8-9H2,1-3H3. The van der Waals surface area contributed by atoms with Crippen molar-refractivity contribution in [2.45, 2.75) is 45.4 Å². The van der Waals surface area contributed by atoms with Crippen LogP contribution in [0.3, 0.4) is 0 Å². The molecule has 0 radical (unpaired) electrons.